The van der Waals surface area contributed by atoms with Gasteiger partial charge < -0.3 is 9.32 Å². The molecule has 118 valence electrons. The lowest BCUT2D eigenvalue weighted by atomic mass is 10.0. The maximum absolute atomic E-state index is 14.1. The van der Waals surface area contributed by atoms with E-state index in [1.54, 1.807) is 6.92 Å². The third kappa shape index (κ3) is 3.44. The summed E-state index contributed by atoms with van der Waals surface area (Å²) in [5.41, 5.74) is -0.646. The van der Waals surface area contributed by atoms with Crippen molar-refractivity contribution in [1.29, 1.82) is 0 Å². The standard InChI is InChI=1S/C15H17ClFN3O2/c1-9-18-19-12(22-9)8-20(15(2,3)4)14(21)10-6-5-7-11(16)13(10)17/h5-7H,8H2,1-4H3. The molecular formula is C15H17ClFN3O2. The number of amides is 1. The lowest BCUT2D eigenvalue weighted by molar-refractivity contribution is 0.0527. The van der Waals surface area contributed by atoms with Crippen LogP contribution in [0.2, 0.25) is 5.02 Å². The smallest absolute Gasteiger partial charge is 0.257 e. The van der Waals surface area contributed by atoms with Crippen molar-refractivity contribution in [3.63, 3.8) is 0 Å². The number of aromatic nitrogens is 2. The molecule has 1 aromatic carbocycles. The monoisotopic (exact) mass is 325 g/mol. The maximum atomic E-state index is 14.1. The van der Waals surface area contributed by atoms with Gasteiger partial charge in [0.05, 0.1) is 17.1 Å². The van der Waals surface area contributed by atoms with Gasteiger partial charge in [-0.3, -0.25) is 4.79 Å². The molecule has 0 spiro atoms. The van der Waals surface area contributed by atoms with Crippen LogP contribution in [-0.4, -0.2) is 26.5 Å². The van der Waals surface area contributed by atoms with Crippen molar-refractivity contribution in [1.82, 2.24) is 15.1 Å². The van der Waals surface area contributed by atoms with Gasteiger partial charge in [-0.1, -0.05) is 17.7 Å². The molecule has 0 aliphatic rings. The molecule has 0 saturated carbocycles. The Bertz CT molecular complexity index is 694. The number of halogens is 2. The van der Waals surface area contributed by atoms with Gasteiger partial charge in [0, 0.05) is 12.5 Å². The molecule has 22 heavy (non-hydrogen) atoms. The zero-order chi connectivity index (χ0) is 16.5. The van der Waals surface area contributed by atoms with Crippen molar-refractivity contribution >= 4 is 17.5 Å². The SMILES string of the molecule is Cc1nnc(CN(C(=O)c2cccc(Cl)c2F)C(C)(C)C)o1. The van der Waals surface area contributed by atoms with E-state index in [1.807, 2.05) is 20.8 Å². The molecule has 2 aromatic rings. The summed E-state index contributed by atoms with van der Waals surface area (Å²) in [5.74, 6) is -0.512. The van der Waals surface area contributed by atoms with E-state index in [2.05, 4.69) is 10.2 Å². The Morgan fingerprint density at radius 2 is 2.05 bits per heavy atom. The van der Waals surface area contributed by atoms with Gasteiger partial charge in [-0.05, 0) is 32.9 Å². The van der Waals surface area contributed by atoms with Crippen LogP contribution in [0.1, 0.15) is 42.9 Å². The minimum atomic E-state index is -0.731. The third-order valence-corrected chi connectivity index (χ3v) is 3.39. The summed E-state index contributed by atoms with van der Waals surface area (Å²) in [6.45, 7) is 7.29. The van der Waals surface area contributed by atoms with Crippen molar-refractivity contribution in [2.75, 3.05) is 0 Å². The number of rotatable bonds is 3. The minimum absolute atomic E-state index is 0.0846. The molecule has 5 nitrogen and oxygen atoms in total. The van der Waals surface area contributed by atoms with E-state index < -0.39 is 17.3 Å². The number of nitrogens with zero attached hydrogens (tertiary/aromatic N) is 3. The highest BCUT2D eigenvalue weighted by atomic mass is 35.5. The van der Waals surface area contributed by atoms with E-state index in [4.69, 9.17) is 16.0 Å². The first-order valence-corrected chi connectivity index (χ1v) is 7.13. The van der Waals surface area contributed by atoms with Crippen molar-refractivity contribution in [3.05, 3.63) is 46.4 Å². The van der Waals surface area contributed by atoms with Gasteiger partial charge in [-0.2, -0.15) is 0 Å². The van der Waals surface area contributed by atoms with E-state index in [-0.39, 0.29) is 17.1 Å². The van der Waals surface area contributed by atoms with Gasteiger partial charge in [0.25, 0.3) is 5.91 Å². The van der Waals surface area contributed by atoms with Crippen LogP contribution in [0.15, 0.2) is 22.6 Å². The van der Waals surface area contributed by atoms with E-state index in [9.17, 15) is 9.18 Å². The summed E-state index contributed by atoms with van der Waals surface area (Å²) in [7, 11) is 0. The fourth-order valence-corrected chi connectivity index (χ4v) is 2.14. The predicted octanol–water partition coefficient (Wildman–Crippen LogP) is 3.61. The molecule has 1 amide bonds. The van der Waals surface area contributed by atoms with E-state index in [0.717, 1.165) is 0 Å². The first-order chi connectivity index (χ1) is 10.2. The summed E-state index contributed by atoms with van der Waals surface area (Å²) in [4.78, 5) is 14.2. The maximum Gasteiger partial charge on any atom is 0.257 e. The number of carbonyl (C=O) groups excluding carboxylic acids is 1. The Morgan fingerprint density at radius 1 is 1.36 bits per heavy atom. The van der Waals surface area contributed by atoms with Gasteiger partial charge in [0.1, 0.15) is 0 Å². The summed E-state index contributed by atoms with van der Waals surface area (Å²) >= 11 is 5.75. The van der Waals surface area contributed by atoms with Crippen molar-refractivity contribution in [3.8, 4) is 0 Å². The number of hydrogen-bond donors (Lipinski definition) is 0. The Hall–Kier alpha value is -1.95. The number of aryl methyl sites for hydroxylation is 1. The average Bonchev–Trinajstić information content (AvgIpc) is 2.83. The number of carbonyl (C=O) groups is 1. The first-order valence-electron chi connectivity index (χ1n) is 6.75. The zero-order valence-electron chi connectivity index (χ0n) is 12.9. The molecule has 1 aromatic heterocycles. The van der Waals surface area contributed by atoms with Crippen LogP contribution >= 0.6 is 11.6 Å². The molecule has 1 heterocycles. The summed E-state index contributed by atoms with van der Waals surface area (Å²) in [5, 5.41) is 7.53. The van der Waals surface area contributed by atoms with Crippen LogP contribution in [-0.2, 0) is 6.54 Å². The Kier molecular flexibility index (Phi) is 4.51. The predicted molar refractivity (Wildman–Crippen MR) is 80.1 cm³/mol. The number of hydrogen-bond acceptors (Lipinski definition) is 4. The largest absolute Gasteiger partial charge is 0.424 e. The number of benzene rings is 1. The highest BCUT2D eigenvalue weighted by Gasteiger charge is 2.31. The average molecular weight is 326 g/mol. The summed E-state index contributed by atoms with van der Waals surface area (Å²) < 4.78 is 19.4. The molecule has 0 N–H and O–H groups in total. The second-order valence-electron chi connectivity index (χ2n) is 5.88. The zero-order valence-corrected chi connectivity index (χ0v) is 13.6. The molecule has 0 unspecified atom stereocenters. The van der Waals surface area contributed by atoms with Crippen LogP contribution in [0.25, 0.3) is 0 Å². The topological polar surface area (TPSA) is 59.2 Å². The molecule has 0 aliphatic heterocycles. The first kappa shape index (κ1) is 16.4. The lowest BCUT2D eigenvalue weighted by Gasteiger charge is -2.34. The molecule has 0 aliphatic carbocycles. The molecule has 0 fully saturated rings. The quantitative estimate of drug-likeness (QED) is 0.865. The summed E-state index contributed by atoms with van der Waals surface area (Å²) in [6.07, 6.45) is 0. The lowest BCUT2D eigenvalue weighted by Crippen LogP contribution is -2.45. The van der Waals surface area contributed by atoms with Crippen molar-refractivity contribution in [2.45, 2.75) is 39.8 Å². The second-order valence-corrected chi connectivity index (χ2v) is 6.29. The van der Waals surface area contributed by atoms with E-state index in [0.29, 0.717) is 11.8 Å². The third-order valence-electron chi connectivity index (χ3n) is 3.10. The van der Waals surface area contributed by atoms with Crippen LogP contribution in [0.3, 0.4) is 0 Å². The van der Waals surface area contributed by atoms with Crippen LogP contribution in [0.5, 0.6) is 0 Å². The fraction of sp³-hybridized carbons (Fsp3) is 0.400. The molecule has 2 rings (SSSR count). The van der Waals surface area contributed by atoms with E-state index >= 15 is 0 Å². The second kappa shape index (κ2) is 6.04. The normalized spacial score (nSPS) is 11.5. The molecular weight excluding hydrogens is 309 g/mol. The minimum Gasteiger partial charge on any atom is -0.424 e. The van der Waals surface area contributed by atoms with Crippen molar-refractivity contribution in [2.24, 2.45) is 0 Å². The Labute approximate surface area is 133 Å². The van der Waals surface area contributed by atoms with Crippen LogP contribution < -0.4 is 0 Å². The van der Waals surface area contributed by atoms with Gasteiger partial charge in [-0.15, -0.1) is 10.2 Å². The van der Waals surface area contributed by atoms with Gasteiger partial charge in [-0.25, -0.2) is 4.39 Å². The molecule has 7 heteroatoms. The Balaban J connectivity index is 2.37. The highest BCUT2D eigenvalue weighted by molar-refractivity contribution is 6.31. The van der Waals surface area contributed by atoms with Gasteiger partial charge >= 0.3 is 0 Å². The fourth-order valence-electron chi connectivity index (χ4n) is 1.96. The van der Waals surface area contributed by atoms with Crippen LogP contribution in [0, 0.1) is 12.7 Å². The molecule has 0 bridgehead atoms. The van der Waals surface area contributed by atoms with Gasteiger partial charge in [0.15, 0.2) is 5.82 Å². The van der Waals surface area contributed by atoms with E-state index in [1.165, 1.54) is 23.1 Å². The summed E-state index contributed by atoms with van der Waals surface area (Å²) in [6, 6.07) is 4.34. The highest BCUT2D eigenvalue weighted by Crippen LogP contribution is 2.24. The van der Waals surface area contributed by atoms with Crippen molar-refractivity contribution < 1.29 is 13.6 Å². The molecule has 0 atom stereocenters. The Morgan fingerprint density at radius 3 is 2.59 bits per heavy atom. The molecule has 0 saturated heterocycles. The van der Waals surface area contributed by atoms with Crippen LogP contribution in [0.4, 0.5) is 4.39 Å². The molecule has 0 radical (unpaired) electrons. The van der Waals surface area contributed by atoms with Gasteiger partial charge in [0.2, 0.25) is 11.8 Å².